The second-order valence-corrected chi connectivity index (χ2v) is 10.3. The molecule has 4 rings (SSSR count). The van der Waals surface area contributed by atoms with Crippen LogP contribution in [0, 0.1) is 24.5 Å². The van der Waals surface area contributed by atoms with Crippen LogP contribution in [-0.2, 0) is 4.79 Å². The predicted octanol–water partition coefficient (Wildman–Crippen LogP) is 7.36. The van der Waals surface area contributed by atoms with Crippen molar-refractivity contribution in [3.8, 4) is 0 Å². The molecule has 0 radical (unpaired) electrons. The van der Waals surface area contributed by atoms with E-state index in [2.05, 4.69) is 10.6 Å². The van der Waals surface area contributed by atoms with Gasteiger partial charge < -0.3 is 10.6 Å². The first-order valence-electron chi connectivity index (χ1n) is 9.98. The first kappa shape index (κ1) is 24.7. The van der Waals surface area contributed by atoms with E-state index >= 15 is 0 Å². The molecule has 0 saturated heterocycles. The molecule has 10 heteroatoms. The monoisotopic (exact) mass is 542 g/mol. The molecule has 3 aromatic rings. The Morgan fingerprint density at radius 3 is 2.24 bits per heavy atom. The molecular weight excluding hydrogens is 528 g/mol. The molecule has 176 valence electrons. The highest BCUT2D eigenvalue weighted by atomic mass is 35.5. The molecule has 2 unspecified atom stereocenters. The lowest BCUT2D eigenvalue weighted by Crippen LogP contribution is -2.18. The van der Waals surface area contributed by atoms with Gasteiger partial charge in [0, 0.05) is 27.2 Å². The average molecular weight is 544 g/mol. The number of halogens is 6. The maximum absolute atomic E-state index is 14.3. The summed E-state index contributed by atoms with van der Waals surface area (Å²) in [5.41, 5.74) is 1.19. The van der Waals surface area contributed by atoms with Crippen LogP contribution in [0.1, 0.15) is 27.4 Å². The molecule has 1 fully saturated rings. The summed E-state index contributed by atoms with van der Waals surface area (Å²) >= 11 is 24.8. The molecule has 2 N–H and O–H groups in total. The van der Waals surface area contributed by atoms with Crippen molar-refractivity contribution in [2.45, 2.75) is 17.2 Å². The Bertz CT molecular complexity index is 1280. The quantitative estimate of drug-likeness (QED) is 0.330. The van der Waals surface area contributed by atoms with Gasteiger partial charge in [0.05, 0.1) is 11.6 Å². The number of aryl methyl sites for hydroxylation is 1. The molecule has 4 nitrogen and oxygen atoms in total. The standard InChI is InChI=1S/C24H16Cl4F2N2O2/c1-11-4-13(8-16(29)5-11)22(33)32-19-10-17(2-3-18(19)30)31-23(34)21-20(24(21,27)28)12-6-14(25)9-15(26)7-12/h2-10,20-21H,1H3,(H,31,34)(H,32,33). The van der Waals surface area contributed by atoms with Crippen LogP contribution < -0.4 is 10.6 Å². The highest BCUT2D eigenvalue weighted by molar-refractivity contribution is 6.53. The Morgan fingerprint density at radius 2 is 1.59 bits per heavy atom. The molecule has 0 aliphatic heterocycles. The van der Waals surface area contributed by atoms with Crippen molar-refractivity contribution < 1.29 is 18.4 Å². The van der Waals surface area contributed by atoms with Gasteiger partial charge in [-0.15, -0.1) is 23.2 Å². The van der Waals surface area contributed by atoms with Crippen LogP contribution in [0.25, 0.3) is 0 Å². The number of anilines is 2. The van der Waals surface area contributed by atoms with Crippen LogP contribution in [0.2, 0.25) is 10.0 Å². The van der Waals surface area contributed by atoms with Crippen molar-refractivity contribution in [2.24, 2.45) is 5.92 Å². The molecule has 0 spiro atoms. The van der Waals surface area contributed by atoms with Gasteiger partial charge in [-0.25, -0.2) is 8.78 Å². The number of rotatable bonds is 5. The largest absolute Gasteiger partial charge is 0.326 e. The third-order valence-electron chi connectivity index (χ3n) is 5.37. The Balaban J connectivity index is 1.51. The number of alkyl halides is 2. The van der Waals surface area contributed by atoms with Crippen LogP contribution in [0.15, 0.2) is 54.6 Å². The van der Waals surface area contributed by atoms with Crippen LogP contribution in [0.4, 0.5) is 20.2 Å². The number of amides is 2. The highest BCUT2D eigenvalue weighted by Gasteiger charge is 2.67. The fourth-order valence-corrected chi connectivity index (χ4v) is 5.17. The molecule has 2 amide bonds. The van der Waals surface area contributed by atoms with Crippen LogP contribution in [-0.4, -0.2) is 16.1 Å². The molecule has 34 heavy (non-hydrogen) atoms. The Labute approximate surface area is 214 Å². The Morgan fingerprint density at radius 1 is 0.912 bits per heavy atom. The Hall–Kier alpha value is -2.38. The average Bonchev–Trinajstić information content (AvgIpc) is 3.31. The van der Waals surface area contributed by atoms with Gasteiger partial charge in [0.15, 0.2) is 0 Å². The topological polar surface area (TPSA) is 58.2 Å². The lowest BCUT2D eigenvalue weighted by molar-refractivity contribution is -0.117. The first-order chi connectivity index (χ1) is 16.0. The van der Waals surface area contributed by atoms with Gasteiger partial charge in [-0.1, -0.05) is 23.2 Å². The van der Waals surface area contributed by atoms with E-state index in [9.17, 15) is 18.4 Å². The Kier molecular flexibility index (Phi) is 6.80. The second kappa shape index (κ2) is 9.34. The summed E-state index contributed by atoms with van der Waals surface area (Å²) in [4.78, 5) is 25.4. The minimum Gasteiger partial charge on any atom is -0.326 e. The van der Waals surface area contributed by atoms with E-state index in [0.717, 1.165) is 12.1 Å². The van der Waals surface area contributed by atoms with Crippen molar-refractivity contribution in [1.82, 2.24) is 0 Å². The van der Waals surface area contributed by atoms with Gasteiger partial charge >= 0.3 is 0 Å². The molecular formula is C24H16Cl4F2N2O2. The number of nitrogens with one attached hydrogen (secondary N) is 2. The van der Waals surface area contributed by atoms with Crippen LogP contribution >= 0.6 is 46.4 Å². The van der Waals surface area contributed by atoms with E-state index in [4.69, 9.17) is 46.4 Å². The summed E-state index contributed by atoms with van der Waals surface area (Å²) in [5, 5.41) is 5.78. The van der Waals surface area contributed by atoms with E-state index in [0.29, 0.717) is 21.2 Å². The zero-order valence-electron chi connectivity index (χ0n) is 17.4. The third kappa shape index (κ3) is 5.15. The minimum absolute atomic E-state index is 0.0291. The lowest BCUT2D eigenvalue weighted by Gasteiger charge is -2.11. The van der Waals surface area contributed by atoms with Gasteiger partial charge in [-0.2, -0.15) is 0 Å². The maximum atomic E-state index is 14.3. The second-order valence-electron chi connectivity index (χ2n) is 7.99. The third-order valence-corrected chi connectivity index (χ3v) is 6.74. The smallest absolute Gasteiger partial charge is 0.255 e. The number of benzene rings is 3. The molecule has 2 atom stereocenters. The van der Waals surface area contributed by atoms with E-state index in [-0.39, 0.29) is 16.9 Å². The summed E-state index contributed by atoms with van der Waals surface area (Å²) in [6.07, 6.45) is 0. The van der Waals surface area contributed by atoms with Crippen molar-refractivity contribution in [3.63, 3.8) is 0 Å². The van der Waals surface area contributed by atoms with E-state index in [1.54, 1.807) is 25.1 Å². The van der Waals surface area contributed by atoms with Crippen LogP contribution in [0.3, 0.4) is 0 Å². The van der Waals surface area contributed by atoms with Gasteiger partial charge in [-0.05, 0) is 72.6 Å². The van der Waals surface area contributed by atoms with E-state index in [1.165, 1.54) is 24.3 Å². The molecule has 1 aliphatic rings. The normalized spacial score (nSPS) is 18.3. The van der Waals surface area contributed by atoms with E-state index in [1.807, 2.05) is 0 Å². The summed E-state index contributed by atoms with van der Waals surface area (Å²) in [6.45, 7) is 1.63. The molecule has 0 aromatic heterocycles. The zero-order valence-corrected chi connectivity index (χ0v) is 20.5. The number of carbonyl (C=O) groups is 2. The summed E-state index contributed by atoms with van der Waals surface area (Å²) in [7, 11) is 0. The van der Waals surface area contributed by atoms with Crippen LogP contribution in [0.5, 0.6) is 0 Å². The lowest BCUT2D eigenvalue weighted by atomic mass is 10.1. The van der Waals surface area contributed by atoms with Crippen molar-refractivity contribution in [2.75, 3.05) is 10.6 Å². The van der Waals surface area contributed by atoms with E-state index < -0.39 is 39.6 Å². The SMILES string of the molecule is Cc1cc(F)cc(C(=O)Nc2cc(NC(=O)C3C(c4cc(Cl)cc(Cl)c4)C3(Cl)Cl)ccc2F)c1. The minimum atomic E-state index is -1.38. The van der Waals surface area contributed by atoms with Gasteiger partial charge in [0.25, 0.3) is 5.91 Å². The fraction of sp³-hybridized carbons (Fsp3) is 0.167. The van der Waals surface area contributed by atoms with Gasteiger partial charge in [0.1, 0.15) is 16.0 Å². The van der Waals surface area contributed by atoms with Gasteiger partial charge in [-0.3, -0.25) is 9.59 Å². The maximum Gasteiger partial charge on any atom is 0.255 e. The highest BCUT2D eigenvalue weighted by Crippen LogP contribution is 2.65. The fourth-order valence-electron chi connectivity index (χ4n) is 3.80. The summed E-state index contributed by atoms with van der Waals surface area (Å²) < 4.78 is 26.6. The van der Waals surface area contributed by atoms with Crippen molar-refractivity contribution in [3.05, 3.63) is 93.0 Å². The van der Waals surface area contributed by atoms with Gasteiger partial charge in [0.2, 0.25) is 5.91 Å². The molecule has 0 heterocycles. The predicted molar refractivity (Wildman–Crippen MR) is 131 cm³/mol. The first-order valence-corrected chi connectivity index (χ1v) is 11.5. The summed E-state index contributed by atoms with van der Waals surface area (Å²) in [6, 6.07) is 12.2. The molecule has 0 bridgehead atoms. The molecule has 1 saturated carbocycles. The zero-order chi connectivity index (χ0) is 24.8. The molecule has 1 aliphatic carbocycles. The number of carbonyl (C=O) groups excluding carboxylic acids is 2. The number of hydrogen-bond acceptors (Lipinski definition) is 2. The van der Waals surface area contributed by atoms with Crippen molar-refractivity contribution in [1.29, 1.82) is 0 Å². The number of hydrogen-bond donors (Lipinski definition) is 2. The van der Waals surface area contributed by atoms with Crippen molar-refractivity contribution >= 4 is 69.6 Å². The summed E-state index contributed by atoms with van der Waals surface area (Å²) in [5.74, 6) is -3.90. The molecule has 3 aromatic carbocycles.